The molecule has 35 heavy (non-hydrogen) atoms. The summed E-state index contributed by atoms with van der Waals surface area (Å²) < 4.78 is 13.2. The summed E-state index contributed by atoms with van der Waals surface area (Å²) in [5.41, 5.74) is 14.0. The summed E-state index contributed by atoms with van der Waals surface area (Å²) in [5.74, 6) is -0.796. The van der Waals surface area contributed by atoms with E-state index in [-0.39, 0.29) is 23.7 Å². The van der Waals surface area contributed by atoms with Crippen molar-refractivity contribution < 1.29 is 14.0 Å². The molecule has 7 heteroatoms. The molecular weight excluding hydrogens is 443 g/mol. The summed E-state index contributed by atoms with van der Waals surface area (Å²) >= 11 is 0. The second-order valence-electron chi connectivity index (χ2n) is 9.33. The van der Waals surface area contributed by atoms with E-state index in [2.05, 4.69) is 29.2 Å². The van der Waals surface area contributed by atoms with E-state index in [0.29, 0.717) is 32.5 Å². The number of amides is 2. The molecule has 184 valence electrons. The van der Waals surface area contributed by atoms with Gasteiger partial charge in [0.1, 0.15) is 5.82 Å². The number of primary amides is 1. The predicted octanol–water partition coefficient (Wildman–Crippen LogP) is 2.87. The topological polar surface area (TPSA) is 92.7 Å². The third-order valence-corrected chi connectivity index (χ3v) is 6.97. The molecule has 1 aliphatic heterocycles. The molecule has 0 aromatic heterocycles. The minimum atomic E-state index is -0.703. The fraction of sp³-hybridized carbons (Fsp3) is 0.357. The highest BCUT2D eigenvalue weighted by Gasteiger charge is 2.36. The Hall–Kier alpha value is -3.29. The van der Waals surface area contributed by atoms with Gasteiger partial charge in [-0.3, -0.25) is 14.5 Å². The minimum absolute atomic E-state index is 0.0611. The highest BCUT2D eigenvalue weighted by atomic mass is 19.1. The van der Waals surface area contributed by atoms with Gasteiger partial charge in [-0.25, -0.2) is 4.39 Å². The van der Waals surface area contributed by atoms with Crippen molar-refractivity contribution in [3.05, 3.63) is 83.7 Å². The van der Waals surface area contributed by atoms with Crippen molar-refractivity contribution in [2.45, 2.75) is 44.3 Å². The van der Waals surface area contributed by atoms with E-state index in [4.69, 9.17) is 11.5 Å². The number of carbonyl (C=O) groups excluding carboxylic acids is 2. The number of benzene rings is 3. The summed E-state index contributed by atoms with van der Waals surface area (Å²) in [7, 11) is 0. The Morgan fingerprint density at radius 1 is 0.971 bits per heavy atom. The Kier molecular flexibility index (Phi) is 7.78. The largest absolute Gasteiger partial charge is 0.368 e. The van der Waals surface area contributed by atoms with Gasteiger partial charge in [-0.2, -0.15) is 0 Å². The Labute approximate surface area is 205 Å². The van der Waals surface area contributed by atoms with Gasteiger partial charge in [-0.1, -0.05) is 61.5 Å². The molecule has 1 fully saturated rings. The molecule has 0 radical (unpaired) electrons. The lowest BCUT2D eigenvalue weighted by Gasteiger charge is -2.44. The van der Waals surface area contributed by atoms with Crippen LogP contribution in [-0.4, -0.2) is 59.4 Å². The number of hydrogen-bond acceptors (Lipinski definition) is 4. The smallest absolute Gasteiger partial charge is 0.240 e. The van der Waals surface area contributed by atoms with Crippen LogP contribution >= 0.6 is 0 Å². The molecule has 2 amide bonds. The van der Waals surface area contributed by atoms with Crippen molar-refractivity contribution in [1.82, 2.24) is 9.80 Å². The van der Waals surface area contributed by atoms with Gasteiger partial charge in [0, 0.05) is 25.7 Å². The number of carbonyl (C=O) groups is 2. The van der Waals surface area contributed by atoms with Crippen molar-refractivity contribution in [1.29, 1.82) is 0 Å². The van der Waals surface area contributed by atoms with E-state index in [0.717, 1.165) is 28.3 Å². The zero-order chi connectivity index (χ0) is 24.9. The summed E-state index contributed by atoms with van der Waals surface area (Å²) in [4.78, 5) is 29.6. The van der Waals surface area contributed by atoms with Gasteiger partial charge < -0.3 is 16.4 Å². The first kappa shape index (κ1) is 24.8. The lowest BCUT2D eigenvalue weighted by atomic mass is 9.98. The number of piperazine rings is 1. The van der Waals surface area contributed by atoms with Gasteiger partial charge in [0.05, 0.1) is 12.1 Å². The Bertz CT molecular complexity index is 1180. The molecule has 3 aromatic rings. The fourth-order valence-corrected chi connectivity index (χ4v) is 4.98. The maximum atomic E-state index is 13.2. The Morgan fingerprint density at radius 3 is 2.34 bits per heavy atom. The van der Waals surface area contributed by atoms with Crippen molar-refractivity contribution >= 4 is 22.6 Å². The summed E-state index contributed by atoms with van der Waals surface area (Å²) in [6, 6.07) is 19.2. The summed E-state index contributed by atoms with van der Waals surface area (Å²) in [6.07, 6.45) is 1.61. The van der Waals surface area contributed by atoms with E-state index in [1.807, 2.05) is 30.0 Å². The van der Waals surface area contributed by atoms with Crippen LogP contribution in [0.4, 0.5) is 4.39 Å². The molecule has 6 nitrogen and oxygen atoms in total. The monoisotopic (exact) mass is 476 g/mol. The van der Waals surface area contributed by atoms with Crippen LogP contribution in [0.1, 0.15) is 24.5 Å². The van der Waals surface area contributed by atoms with Crippen LogP contribution in [0.5, 0.6) is 0 Å². The van der Waals surface area contributed by atoms with Gasteiger partial charge in [0.25, 0.3) is 0 Å². The molecule has 0 aliphatic carbocycles. The van der Waals surface area contributed by atoms with Gasteiger partial charge in [0.15, 0.2) is 0 Å². The van der Waals surface area contributed by atoms with Crippen LogP contribution in [0, 0.1) is 5.82 Å². The SMILES string of the molecule is CC[C@H]1CN([C@@H](Cc2ccc3ccccc3c2)C(N)=O)CCN1C(=O)[C@H](N)Cc1ccc(F)cc1. The molecule has 1 heterocycles. The average molecular weight is 477 g/mol. The zero-order valence-corrected chi connectivity index (χ0v) is 20.1. The lowest BCUT2D eigenvalue weighted by Crippen LogP contribution is -2.62. The van der Waals surface area contributed by atoms with Crippen molar-refractivity contribution in [3.8, 4) is 0 Å². The number of halogens is 1. The van der Waals surface area contributed by atoms with Crippen molar-refractivity contribution in [3.63, 3.8) is 0 Å². The van der Waals surface area contributed by atoms with Gasteiger partial charge >= 0.3 is 0 Å². The summed E-state index contributed by atoms with van der Waals surface area (Å²) in [6.45, 7) is 3.62. The maximum absolute atomic E-state index is 13.2. The third kappa shape index (κ3) is 5.86. The molecular formula is C28H33FN4O2. The standard InChI is InChI=1S/C28H33FN4O2/c1-2-24-18-32(13-14-33(24)28(35)25(30)16-19-8-11-23(29)12-9-19)26(27(31)34)17-20-7-10-21-5-3-4-6-22(21)15-20/h3-12,15,24-26H,2,13-14,16-18,30H2,1H3,(H2,31,34)/t24-,25+,26-/m0/s1. The van der Waals surface area contributed by atoms with Gasteiger partial charge in [-0.15, -0.1) is 0 Å². The normalized spacial score (nSPS) is 18.4. The molecule has 3 aromatic carbocycles. The minimum Gasteiger partial charge on any atom is -0.368 e. The van der Waals surface area contributed by atoms with Crippen LogP contribution < -0.4 is 11.5 Å². The number of nitrogens with two attached hydrogens (primary N) is 2. The lowest BCUT2D eigenvalue weighted by molar-refractivity contribution is -0.139. The molecule has 4 N–H and O–H groups in total. The van der Waals surface area contributed by atoms with Crippen LogP contribution in [0.2, 0.25) is 0 Å². The van der Waals surface area contributed by atoms with Crippen LogP contribution in [0.3, 0.4) is 0 Å². The number of hydrogen-bond donors (Lipinski definition) is 2. The highest BCUT2D eigenvalue weighted by Crippen LogP contribution is 2.21. The Balaban J connectivity index is 1.43. The molecule has 0 bridgehead atoms. The van der Waals surface area contributed by atoms with Gasteiger partial charge in [-0.05, 0) is 53.3 Å². The Morgan fingerprint density at radius 2 is 1.66 bits per heavy atom. The highest BCUT2D eigenvalue weighted by molar-refractivity contribution is 5.84. The van der Waals surface area contributed by atoms with E-state index >= 15 is 0 Å². The van der Waals surface area contributed by atoms with Gasteiger partial charge in [0.2, 0.25) is 11.8 Å². The number of nitrogens with zero attached hydrogens (tertiary/aromatic N) is 2. The second-order valence-corrected chi connectivity index (χ2v) is 9.33. The van der Waals surface area contributed by atoms with E-state index in [9.17, 15) is 14.0 Å². The first-order chi connectivity index (χ1) is 16.9. The zero-order valence-electron chi connectivity index (χ0n) is 20.1. The summed E-state index contributed by atoms with van der Waals surface area (Å²) in [5, 5.41) is 2.28. The molecule has 1 saturated heterocycles. The van der Waals surface area contributed by atoms with Crippen LogP contribution in [-0.2, 0) is 22.4 Å². The van der Waals surface area contributed by atoms with E-state index in [1.165, 1.54) is 12.1 Å². The molecule has 1 aliphatic rings. The first-order valence-electron chi connectivity index (χ1n) is 12.2. The van der Waals surface area contributed by atoms with Crippen molar-refractivity contribution in [2.24, 2.45) is 11.5 Å². The van der Waals surface area contributed by atoms with Crippen LogP contribution in [0.25, 0.3) is 10.8 Å². The average Bonchev–Trinajstić information content (AvgIpc) is 2.87. The maximum Gasteiger partial charge on any atom is 0.240 e. The van der Waals surface area contributed by atoms with Crippen LogP contribution in [0.15, 0.2) is 66.7 Å². The third-order valence-electron chi connectivity index (χ3n) is 6.97. The first-order valence-corrected chi connectivity index (χ1v) is 12.2. The fourth-order valence-electron chi connectivity index (χ4n) is 4.98. The van der Waals surface area contributed by atoms with E-state index in [1.54, 1.807) is 12.1 Å². The second kappa shape index (κ2) is 11.0. The number of rotatable bonds is 8. The molecule has 0 saturated carbocycles. The van der Waals surface area contributed by atoms with E-state index < -0.39 is 12.1 Å². The molecule has 4 rings (SSSR count). The number of fused-ring (bicyclic) bond motifs is 1. The molecule has 3 atom stereocenters. The molecule has 0 spiro atoms. The van der Waals surface area contributed by atoms with Crippen molar-refractivity contribution in [2.75, 3.05) is 19.6 Å². The predicted molar refractivity (Wildman–Crippen MR) is 136 cm³/mol. The molecule has 0 unspecified atom stereocenters. The quantitative estimate of drug-likeness (QED) is 0.523.